The molecule has 2 N–H and O–H groups in total. The molecule has 1 unspecified atom stereocenters. The number of nitrogens with one attached hydrogen (secondary N) is 2. The van der Waals surface area contributed by atoms with Crippen molar-refractivity contribution >= 4 is 17.3 Å². The van der Waals surface area contributed by atoms with Crippen molar-refractivity contribution in [2.24, 2.45) is 0 Å². The lowest BCUT2D eigenvalue weighted by Gasteiger charge is -2.25. The van der Waals surface area contributed by atoms with Gasteiger partial charge in [-0.05, 0) is 25.6 Å². The molecule has 0 amide bonds. The van der Waals surface area contributed by atoms with E-state index in [4.69, 9.17) is 12.2 Å². The average molecular weight is 175 g/mol. The Morgan fingerprint density at radius 3 is 2.55 bits per heavy atom. The molecule has 0 rings (SSSR count). The number of nitrogens with zero attached hydrogens (tertiary/aromatic N) is 1. The maximum Gasteiger partial charge on any atom is 0.180 e. The molecule has 0 saturated carbocycles. The van der Waals surface area contributed by atoms with Gasteiger partial charge in [-0.25, -0.2) is 5.01 Å². The summed E-state index contributed by atoms with van der Waals surface area (Å²) in [5, 5.41) is 5.51. The van der Waals surface area contributed by atoms with Gasteiger partial charge in [0, 0.05) is 20.1 Å². The van der Waals surface area contributed by atoms with Gasteiger partial charge in [0.15, 0.2) is 5.11 Å². The van der Waals surface area contributed by atoms with Crippen LogP contribution in [0.4, 0.5) is 0 Å². The van der Waals surface area contributed by atoms with E-state index in [2.05, 4.69) is 24.6 Å². The number of hydrogen-bond acceptors (Lipinski definition) is 2. The number of thiocarbonyl (C=S) groups is 1. The lowest BCUT2D eigenvalue weighted by Crippen LogP contribution is -2.47. The Balaban J connectivity index is 3.67. The van der Waals surface area contributed by atoms with Crippen LogP contribution in [-0.4, -0.2) is 30.3 Å². The highest BCUT2D eigenvalue weighted by Gasteiger charge is 2.05. The van der Waals surface area contributed by atoms with Crippen LogP contribution in [0.15, 0.2) is 0 Å². The van der Waals surface area contributed by atoms with Crippen LogP contribution >= 0.6 is 12.2 Å². The van der Waals surface area contributed by atoms with Crippen LogP contribution in [0, 0.1) is 0 Å². The van der Waals surface area contributed by atoms with Gasteiger partial charge in [-0.2, -0.15) is 0 Å². The topological polar surface area (TPSA) is 27.3 Å². The van der Waals surface area contributed by atoms with Crippen LogP contribution in [0.5, 0.6) is 0 Å². The molecule has 0 fully saturated rings. The molecule has 0 aliphatic rings. The van der Waals surface area contributed by atoms with Crippen LogP contribution in [0.1, 0.15) is 20.3 Å². The van der Waals surface area contributed by atoms with E-state index in [1.54, 1.807) is 7.05 Å². The molecule has 1 atom stereocenters. The Morgan fingerprint density at radius 1 is 1.64 bits per heavy atom. The summed E-state index contributed by atoms with van der Waals surface area (Å²) in [4.78, 5) is 0. The highest BCUT2D eigenvalue weighted by atomic mass is 32.1. The average Bonchev–Trinajstić information content (AvgIpc) is 2.02. The predicted molar refractivity (Wildman–Crippen MR) is 52.3 cm³/mol. The van der Waals surface area contributed by atoms with Crippen LogP contribution in [-0.2, 0) is 0 Å². The molecule has 0 aliphatic carbocycles. The molecule has 0 radical (unpaired) electrons. The zero-order chi connectivity index (χ0) is 8.85. The molecular weight excluding hydrogens is 158 g/mol. The summed E-state index contributed by atoms with van der Waals surface area (Å²) in [5.41, 5.74) is 3.03. The quantitative estimate of drug-likeness (QED) is 0.488. The van der Waals surface area contributed by atoms with E-state index in [1.807, 2.05) is 12.1 Å². The van der Waals surface area contributed by atoms with Gasteiger partial charge in [0.25, 0.3) is 0 Å². The molecule has 0 aromatic rings. The summed E-state index contributed by atoms with van der Waals surface area (Å²) in [7, 11) is 3.79. The number of hydrazine groups is 1. The summed E-state index contributed by atoms with van der Waals surface area (Å²) in [6.45, 7) is 4.29. The molecule has 11 heavy (non-hydrogen) atoms. The first-order valence-corrected chi connectivity index (χ1v) is 4.23. The first-order chi connectivity index (χ1) is 5.11. The monoisotopic (exact) mass is 175 g/mol. The van der Waals surface area contributed by atoms with Gasteiger partial charge in [0.05, 0.1) is 0 Å². The maximum atomic E-state index is 4.93. The Labute approximate surface area is 74.1 Å². The summed E-state index contributed by atoms with van der Waals surface area (Å²) in [5.74, 6) is 0. The zero-order valence-corrected chi connectivity index (χ0v) is 8.46. The van der Waals surface area contributed by atoms with Gasteiger partial charge in [-0.15, -0.1) is 0 Å². The fraction of sp³-hybridized carbons (Fsp3) is 0.857. The highest BCUT2D eigenvalue weighted by Crippen LogP contribution is 1.95. The van der Waals surface area contributed by atoms with Crippen molar-refractivity contribution in [2.75, 3.05) is 14.1 Å². The minimum atomic E-state index is 0.501. The van der Waals surface area contributed by atoms with Gasteiger partial charge >= 0.3 is 0 Å². The van der Waals surface area contributed by atoms with Gasteiger partial charge in [0.2, 0.25) is 0 Å². The smallest absolute Gasteiger partial charge is 0.180 e. The molecular formula is C7H17N3S. The fourth-order valence-electron chi connectivity index (χ4n) is 0.600. The molecule has 0 aliphatic heterocycles. The van der Waals surface area contributed by atoms with Crippen LogP contribution in [0.3, 0.4) is 0 Å². The summed E-state index contributed by atoms with van der Waals surface area (Å²) < 4.78 is 0. The molecule has 66 valence electrons. The van der Waals surface area contributed by atoms with E-state index < -0.39 is 0 Å². The Morgan fingerprint density at radius 2 is 2.18 bits per heavy atom. The number of rotatable bonds is 3. The highest BCUT2D eigenvalue weighted by molar-refractivity contribution is 7.80. The van der Waals surface area contributed by atoms with Crippen molar-refractivity contribution in [1.82, 2.24) is 15.8 Å². The van der Waals surface area contributed by atoms with E-state index in [0.29, 0.717) is 11.2 Å². The summed E-state index contributed by atoms with van der Waals surface area (Å²) in [6, 6.07) is 0.501. The van der Waals surface area contributed by atoms with Gasteiger partial charge in [-0.1, -0.05) is 6.92 Å². The van der Waals surface area contributed by atoms with Crippen LogP contribution in [0.25, 0.3) is 0 Å². The molecule has 0 aromatic carbocycles. The SMILES string of the molecule is CCC(C)N(C)NC(=S)NC. The van der Waals surface area contributed by atoms with E-state index >= 15 is 0 Å². The van der Waals surface area contributed by atoms with Gasteiger partial charge < -0.3 is 5.32 Å². The van der Waals surface area contributed by atoms with E-state index in [-0.39, 0.29) is 0 Å². The normalized spacial score (nSPS) is 12.8. The molecule has 0 bridgehead atoms. The second kappa shape index (κ2) is 5.32. The largest absolute Gasteiger partial charge is 0.365 e. The maximum absolute atomic E-state index is 4.93. The minimum absolute atomic E-state index is 0.501. The lowest BCUT2D eigenvalue weighted by atomic mass is 10.3. The third-order valence-corrected chi connectivity index (χ3v) is 2.05. The zero-order valence-electron chi connectivity index (χ0n) is 7.64. The molecule has 0 aromatic heterocycles. The third-order valence-electron chi connectivity index (χ3n) is 1.76. The fourth-order valence-corrected chi connectivity index (χ4v) is 0.744. The van der Waals surface area contributed by atoms with E-state index in [9.17, 15) is 0 Å². The van der Waals surface area contributed by atoms with Crippen LogP contribution < -0.4 is 10.7 Å². The number of hydrogen-bond donors (Lipinski definition) is 2. The first kappa shape index (κ1) is 10.7. The Hall–Kier alpha value is -0.350. The Kier molecular flexibility index (Phi) is 5.15. The molecule has 0 saturated heterocycles. The predicted octanol–water partition coefficient (Wildman–Crippen LogP) is 0.726. The molecule has 3 nitrogen and oxygen atoms in total. The standard InChI is InChI=1S/C7H17N3S/c1-5-6(2)10(4)9-7(11)8-3/h6H,5H2,1-4H3,(H2,8,9,11). The van der Waals surface area contributed by atoms with Gasteiger partial charge in [-0.3, -0.25) is 5.43 Å². The molecule has 0 heterocycles. The van der Waals surface area contributed by atoms with Crippen molar-refractivity contribution in [3.63, 3.8) is 0 Å². The van der Waals surface area contributed by atoms with Crippen molar-refractivity contribution in [1.29, 1.82) is 0 Å². The van der Waals surface area contributed by atoms with Crippen LogP contribution in [0.2, 0.25) is 0 Å². The second-order valence-corrected chi connectivity index (χ2v) is 2.97. The minimum Gasteiger partial charge on any atom is -0.365 e. The summed E-state index contributed by atoms with van der Waals surface area (Å²) in [6.07, 6.45) is 1.11. The van der Waals surface area contributed by atoms with E-state index in [1.165, 1.54) is 0 Å². The second-order valence-electron chi connectivity index (χ2n) is 2.56. The molecule has 0 spiro atoms. The molecule has 4 heteroatoms. The first-order valence-electron chi connectivity index (χ1n) is 3.83. The van der Waals surface area contributed by atoms with Crippen molar-refractivity contribution in [2.45, 2.75) is 26.3 Å². The summed E-state index contributed by atoms with van der Waals surface area (Å²) >= 11 is 4.93. The van der Waals surface area contributed by atoms with Gasteiger partial charge in [0.1, 0.15) is 0 Å². The van der Waals surface area contributed by atoms with E-state index in [0.717, 1.165) is 6.42 Å². The lowest BCUT2D eigenvalue weighted by molar-refractivity contribution is 0.214. The van der Waals surface area contributed by atoms with Crippen molar-refractivity contribution in [3.05, 3.63) is 0 Å². The Bertz CT molecular complexity index is 127. The van der Waals surface area contributed by atoms with Crippen molar-refractivity contribution < 1.29 is 0 Å². The van der Waals surface area contributed by atoms with Crippen molar-refractivity contribution in [3.8, 4) is 0 Å². The third kappa shape index (κ3) is 4.16.